The highest BCUT2D eigenvalue weighted by atomic mass is 16.5. The topological polar surface area (TPSA) is 136 Å². The zero-order valence-corrected chi connectivity index (χ0v) is 14.5. The van der Waals surface area contributed by atoms with Crippen LogP contribution >= 0.6 is 0 Å². The molecule has 0 bridgehead atoms. The Bertz CT molecular complexity index is 1260. The third-order valence-corrected chi connectivity index (χ3v) is 4.03. The van der Waals surface area contributed by atoms with Gasteiger partial charge in [0, 0.05) is 18.0 Å². The minimum Gasteiger partial charge on any atom is -0.345 e. The molecular weight excluding hydrogens is 364 g/mol. The van der Waals surface area contributed by atoms with Crippen molar-refractivity contribution in [3.63, 3.8) is 0 Å². The van der Waals surface area contributed by atoms with E-state index in [9.17, 15) is 14.4 Å². The zero-order chi connectivity index (χ0) is 19.5. The first-order chi connectivity index (χ1) is 13.6. The van der Waals surface area contributed by atoms with Gasteiger partial charge in [0.15, 0.2) is 0 Å². The van der Waals surface area contributed by atoms with Crippen LogP contribution in [0.25, 0.3) is 22.2 Å². The van der Waals surface area contributed by atoms with Crippen LogP contribution in [0, 0.1) is 0 Å². The van der Waals surface area contributed by atoms with Crippen LogP contribution in [0.2, 0.25) is 0 Å². The van der Waals surface area contributed by atoms with Crippen molar-refractivity contribution in [2.24, 2.45) is 0 Å². The summed E-state index contributed by atoms with van der Waals surface area (Å²) in [6, 6.07) is 9.88. The van der Waals surface area contributed by atoms with Crippen molar-refractivity contribution in [2.45, 2.75) is 13.1 Å². The third-order valence-electron chi connectivity index (χ3n) is 4.03. The normalized spacial score (nSPS) is 10.9. The van der Waals surface area contributed by atoms with E-state index in [1.165, 1.54) is 0 Å². The molecule has 4 rings (SSSR count). The summed E-state index contributed by atoms with van der Waals surface area (Å²) in [5.41, 5.74) is -0.165. The Kier molecular flexibility index (Phi) is 4.50. The van der Waals surface area contributed by atoms with Crippen LogP contribution in [-0.2, 0) is 17.9 Å². The van der Waals surface area contributed by atoms with E-state index in [1.807, 2.05) is 0 Å². The van der Waals surface area contributed by atoms with E-state index >= 15 is 0 Å². The van der Waals surface area contributed by atoms with E-state index < -0.39 is 17.0 Å². The molecule has 0 unspecified atom stereocenters. The highest BCUT2D eigenvalue weighted by molar-refractivity contribution is 5.81. The number of carbonyl (C=O) groups is 1. The fraction of sp³-hybridized carbons (Fsp3) is 0.111. The summed E-state index contributed by atoms with van der Waals surface area (Å²) in [7, 11) is 0. The first-order valence-electron chi connectivity index (χ1n) is 8.33. The molecule has 0 aliphatic carbocycles. The fourth-order valence-electron chi connectivity index (χ4n) is 2.68. The van der Waals surface area contributed by atoms with E-state index in [0.29, 0.717) is 5.82 Å². The first-order valence-corrected chi connectivity index (χ1v) is 8.33. The van der Waals surface area contributed by atoms with Crippen molar-refractivity contribution in [3.8, 4) is 11.4 Å². The van der Waals surface area contributed by atoms with Crippen LogP contribution in [-0.4, -0.2) is 30.8 Å². The Hall–Kier alpha value is -4.08. The Morgan fingerprint density at radius 2 is 1.86 bits per heavy atom. The molecule has 140 valence electrons. The van der Waals surface area contributed by atoms with Crippen LogP contribution in [0.15, 0.2) is 62.9 Å². The van der Waals surface area contributed by atoms with Crippen molar-refractivity contribution >= 4 is 16.7 Å². The summed E-state index contributed by atoms with van der Waals surface area (Å²) >= 11 is 0. The van der Waals surface area contributed by atoms with Gasteiger partial charge in [-0.3, -0.25) is 24.5 Å². The van der Waals surface area contributed by atoms with Gasteiger partial charge in [-0.25, -0.2) is 4.68 Å². The van der Waals surface area contributed by atoms with Gasteiger partial charge in [-0.1, -0.05) is 17.3 Å². The number of nitrogens with one attached hydrogen (secondary N) is 2. The van der Waals surface area contributed by atoms with Gasteiger partial charge >= 0.3 is 0 Å². The predicted molar refractivity (Wildman–Crippen MR) is 98.2 cm³/mol. The molecule has 0 aliphatic rings. The van der Waals surface area contributed by atoms with Gasteiger partial charge in [0.05, 0.1) is 17.3 Å². The highest BCUT2D eigenvalue weighted by Crippen LogP contribution is 2.13. The summed E-state index contributed by atoms with van der Waals surface area (Å²) < 4.78 is 6.07. The van der Waals surface area contributed by atoms with E-state index in [1.54, 1.807) is 48.8 Å². The lowest BCUT2D eigenvalue weighted by molar-refractivity contribution is -0.122. The smallest absolute Gasteiger partial charge is 0.273 e. The molecule has 1 amide bonds. The molecule has 28 heavy (non-hydrogen) atoms. The molecule has 2 N–H and O–H groups in total. The van der Waals surface area contributed by atoms with E-state index in [0.717, 1.165) is 10.2 Å². The average Bonchev–Trinajstić information content (AvgIpc) is 3.20. The van der Waals surface area contributed by atoms with Gasteiger partial charge in [0.1, 0.15) is 6.54 Å². The number of hydrogen-bond acceptors (Lipinski definition) is 7. The summed E-state index contributed by atoms with van der Waals surface area (Å²) in [4.78, 5) is 44.8. The van der Waals surface area contributed by atoms with Gasteiger partial charge in [0.2, 0.25) is 17.6 Å². The number of rotatable bonds is 5. The lowest BCUT2D eigenvalue weighted by Crippen LogP contribution is -2.36. The summed E-state index contributed by atoms with van der Waals surface area (Å²) in [6.45, 7) is -0.353. The minimum atomic E-state index is -0.489. The Morgan fingerprint density at radius 1 is 1.11 bits per heavy atom. The maximum absolute atomic E-state index is 12.4. The monoisotopic (exact) mass is 378 g/mol. The number of benzene rings is 1. The second-order valence-electron chi connectivity index (χ2n) is 5.90. The number of aromatic amines is 1. The van der Waals surface area contributed by atoms with Gasteiger partial charge in [0.25, 0.3) is 11.1 Å². The molecule has 4 aromatic rings. The number of nitrogens with zero attached hydrogens (tertiary/aromatic N) is 4. The third kappa shape index (κ3) is 3.43. The number of fused-ring (bicyclic) bond motifs is 1. The molecule has 0 atom stereocenters. The minimum absolute atomic E-state index is 0.0104. The molecular formula is C18H14N6O4. The maximum Gasteiger partial charge on any atom is 0.273 e. The largest absolute Gasteiger partial charge is 0.345 e. The van der Waals surface area contributed by atoms with Crippen LogP contribution in [0.5, 0.6) is 0 Å². The SMILES string of the molecule is O=C(Cn1[nH]c(=O)c2ccccc2c1=O)NCc1nc(-c2ccncc2)no1. The number of amides is 1. The standard InChI is InChI=1S/C18H14N6O4/c25-14(10-24-18(27)13-4-2-1-3-12(13)17(26)22-24)20-9-15-21-16(23-28-15)11-5-7-19-8-6-11/h1-8H,9-10H2,(H,20,25)(H,22,26). The van der Waals surface area contributed by atoms with Crippen molar-refractivity contribution < 1.29 is 9.32 Å². The number of carbonyl (C=O) groups excluding carboxylic acids is 1. The second-order valence-corrected chi connectivity index (χ2v) is 5.90. The van der Waals surface area contributed by atoms with E-state index in [-0.39, 0.29) is 29.8 Å². The van der Waals surface area contributed by atoms with E-state index in [4.69, 9.17) is 4.52 Å². The van der Waals surface area contributed by atoms with Crippen molar-refractivity contribution in [3.05, 3.63) is 75.4 Å². The Balaban J connectivity index is 1.45. The molecule has 0 radical (unpaired) electrons. The van der Waals surface area contributed by atoms with Crippen LogP contribution in [0.1, 0.15) is 5.89 Å². The van der Waals surface area contributed by atoms with Gasteiger partial charge in [-0.15, -0.1) is 0 Å². The summed E-state index contributed by atoms with van der Waals surface area (Å²) in [5.74, 6) is 0.0953. The van der Waals surface area contributed by atoms with Crippen LogP contribution in [0.4, 0.5) is 0 Å². The van der Waals surface area contributed by atoms with Gasteiger partial charge in [-0.2, -0.15) is 4.98 Å². The molecule has 0 spiro atoms. The quantitative estimate of drug-likeness (QED) is 0.514. The summed E-state index contributed by atoms with van der Waals surface area (Å²) in [6.07, 6.45) is 3.21. The second kappa shape index (κ2) is 7.27. The lowest BCUT2D eigenvalue weighted by atomic mass is 10.2. The molecule has 10 heteroatoms. The molecule has 10 nitrogen and oxygen atoms in total. The van der Waals surface area contributed by atoms with Crippen molar-refractivity contribution in [1.29, 1.82) is 0 Å². The zero-order valence-electron chi connectivity index (χ0n) is 14.5. The molecule has 1 aromatic carbocycles. The maximum atomic E-state index is 12.4. The number of aromatic nitrogens is 5. The van der Waals surface area contributed by atoms with Gasteiger partial charge < -0.3 is 9.84 Å². The molecule has 0 saturated heterocycles. The fourth-order valence-corrected chi connectivity index (χ4v) is 2.68. The Morgan fingerprint density at radius 3 is 2.64 bits per heavy atom. The lowest BCUT2D eigenvalue weighted by Gasteiger charge is -2.07. The van der Waals surface area contributed by atoms with Crippen LogP contribution in [0.3, 0.4) is 0 Å². The van der Waals surface area contributed by atoms with Crippen molar-refractivity contribution in [2.75, 3.05) is 0 Å². The highest BCUT2D eigenvalue weighted by Gasteiger charge is 2.12. The van der Waals surface area contributed by atoms with Gasteiger partial charge in [-0.05, 0) is 24.3 Å². The molecule has 0 saturated carbocycles. The van der Waals surface area contributed by atoms with Crippen LogP contribution < -0.4 is 16.4 Å². The molecule has 0 fully saturated rings. The number of pyridine rings is 1. The average molecular weight is 378 g/mol. The van der Waals surface area contributed by atoms with Crippen molar-refractivity contribution in [1.82, 2.24) is 30.2 Å². The van der Waals surface area contributed by atoms with E-state index in [2.05, 4.69) is 25.5 Å². The number of hydrogen-bond donors (Lipinski definition) is 2. The number of H-pyrrole nitrogens is 1. The summed E-state index contributed by atoms with van der Waals surface area (Å²) in [5, 5.41) is 9.35. The Labute approximate surface area is 156 Å². The first kappa shape index (κ1) is 17.3. The predicted octanol–water partition coefficient (Wildman–Crippen LogP) is 0.451. The molecule has 3 aromatic heterocycles. The molecule has 0 aliphatic heterocycles. The molecule has 3 heterocycles.